The summed E-state index contributed by atoms with van der Waals surface area (Å²) in [5.74, 6) is 0. The maximum absolute atomic E-state index is 9.09. The van der Waals surface area contributed by atoms with E-state index in [1.807, 2.05) is 6.08 Å². The Morgan fingerprint density at radius 2 is 2.00 bits per heavy atom. The van der Waals surface area contributed by atoms with E-state index in [2.05, 4.69) is 32.0 Å². The van der Waals surface area contributed by atoms with Gasteiger partial charge in [0.1, 0.15) is 0 Å². The number of aryl methyl sites for hydroxylation is 2. The summed E-state index contributed by atoms with van der Waals surface area (Å²) in [7, 11) is 0. The molecule has 0 bridgehead atoms. The molecule has 1 aromatic carbocycles. The molecule has 0 unspecified atom stereocenters. The fourth-order valence-corrected chi connectivity index (χ4v) is 1.18. The van der Waals surface area contributed by atoms with E-state index >= 15 is 0 Å². The first-order chi connectivity index (χ1) is 6.09. The number of rotatable bonds is 2. The largest absolute Gasteiger partial charge is 0.389 e. The van der Waals surface area contributed by atoms with Gasteiger partial charge in [0.2, 0.25) is 0 Å². The molecule has 1 aromatic rings. The van der Waals surface area contributed by atoms with Crippen LogP contribution in [0.3, 0.4) is 0 Å². The highest BCUT2D eigenvalue weighted by Crippen LogP contribution is 2.12. The van der Waals surface area contributed by atoms with Gasteiger partial charge in [-0.15, -0.1) is 0 Å². The lowest BCUT2D eigenvalue weighted by Crippen LogP contribution is -1.92. The predicted molar refractivity (Wildman–Crippen MR) is 56.6 cm³/mol. The minimum Gasteiger partial charge on any atom is -0.389 e. The number of hydrogen-bond acceptors (Lipinski definition) is 1. The summed E-state index contributed by atoms with van der Waals surface area (Å²) in [6.45, 7) is 5.89. The average molecular weight is 176 g/mol. The monoisotopic (exact) mass is 176 g/mol. The normalized spacial score (nSPS) is 13.5. The zero-order valence-electron chi connectivity index (χ0n) is 8.41. The highest BCUT2D eigenvalue weighted by Gasteiger charge is 1.94. The molecule has 0 fully saturated rings. The third-order valence-corrected chi connectivity index (χ3v) is 1.99. The Hall–Kier alpha value is -1.08. The summed E-state index contributed by atoms with van der Waals surface area (Å²) in [5, 5.41) is 9.09. The van der Waals surface area contributed by atoms with Crippen LogP contribution in [0, 0.1) is 13.8 Å². The Morgan fingerprint density at radius 1 is 1.31 bits per heavy atom. The lowest BCUT2D eigenvalue weighted by Gasteiger charge is -2.02. The minimum absolute atomic E-state index is 0.375. The van der Waals surface area contributed by atoms with Crippen LogP contribution in [0.2, 0.25) is 0 Å². The van der Waals surface area contributed by atoms with Crippen molar-refractivity contribution in [1.29, 1.82) is 0 Å². The lowest BCUT2D eigenvalue weighted by atomic mass is 10.1. The molecule has 70 valence electrons. The molecular formula is C12H16O. The van der Waals surface area contributed by atoms with E-state index in [4.69, 9.17) is 5.11 Å². The van der Waals surface area contributed by atoms with Gasteiger partial charge in [0, 0.05) is 0 Å². The molecule has 0 saturated heterocycles. The molecule has 0 heterocycles. The first-order valence-electron chi connectivity index (χ1n) is 4.53. The number of benzene rings is 1. The van der Waals surface area contributed by atoms with Crippen molar-refractivity contribution >= 4 is 6.08 Å². The van der Waals surface area contributed by atoms with Crippen molar-refractivity contribution in [3.8, 4) is 0 Å². The molecule has 0 spiro atoms. The summed E-state index contributed by atoms with van der Waals surface area (Å²) in [6, 6.07) is 6.31. The lowest BCUT2D eigenvalue weighted by molar-refractivity contribution is 0.245. The van der Waals surface area contributed by atoms with Crippen molar-refractivity contribution < 1.29 is 5.11 Å². The molecule has 1 atom stereocenters. The summed E-state index contributed by atoms with van der Waals surface area (Å²) in [5.41, 5.74) is 3.67. The number of aliphatic hydroxyl groups excluding tert-OH is 1. The molecule has 0 aliphatic carbocycles. The average Bonchev–Trinajstić information content (AvgIpc) is 2.06. The second-order valence-corrected chi connectivity index (χ2v) is 3.46. The molecule has 1 heteroatoms. The maximum atomic E-state index is 9.09. The zero-order valence-corrected chi connectivity index (χ0v) is 8.41. The Balaban J connectivity index is 2.93. The molecule has 1 N–H and O–H groups in total. The van der Waals surface area contributed by atoms with Gasteiger partial charge in [-0.1, -0.05) is 35.9 Å². The number of aliphatic hydroxyl groups is 1. The standard InChI is InChI=1S/C12H16O/c1-9-4-5-10(2)12(8-9)7-6-11(3)13/h4-8,11,13H,1-3H3/b7-6+/t11-/m1/s1. The van der Waals surface area contributed by atoms with Crippen LogP contribution in [-0.2, 0) is 0 Å². The molecular weight excluding hydrogens is 160 g/mol. The van der Waals surface area contributed by atoms with Gasteiger partial charge in [0.25, 0.3) is 0 Å². The Bertz CT molecular complexity index is 311. The smallest absolute Gasteiger partial charge is 0.0696 e. The second-order valence-electron chi connectivity index (χ2n) is 3.46. The van der Waals surface area contributed by atoms with Crippen molar-refractivity contribution in [2.75, 3.05) is 0 Å². The Morgan fingerprint density at radius 3 is 2.62 bits per heavy atom. The Labute approximate surface area is 79.7 Å². The highest BCUT2D eigenvalue weighted by atomic mass is 16.3. The molecule has 0 radical (unpaired) electrons. The third kappa shape index (κ3) is 3.03. The SMILES string of the molecule is Cc1ccc(C)c(/C=C/[C@@H](C)O)c1. The van der Waals surface area contributed by atoms with Gasteiger partial charge in [0.15, 0.2) is 0 Å². The zero-order chi connectivity index (χ0) is 9.84. The van der Waals surface area contributed by atoms with Gasteiger partial charge in [0.05, 0.1) is 6.10 Å². The molecule has 0 aliphatic rings. The van der Waals surface area contributed by atoms with E-state index < -0.39 is 0 Å². The molecule has 0 aromatic heterocycles. The molecule has 0 saturated carbocycles. The predicted octanol–water partition coefficient (Wildman–Crippen LogP) is 2.70. The summed E-state index contributed by atoms with van der Waals surface area (Å²) in [4.78, 5) is 0. The van der Waals surface area contributed by atoms with Crippen LogP contribution < -0.4 is 0 Å². The van der Waals surface area contributed by atoms with Crippen LogP contribution in [0.4, 0.5) is 0 Å². The van der Waals surface area contributed by atoms with Gasteiger partial charge in [-0.3, -0.25) is 0 Å². The molecule has 13 heavy (non-hydrogen) atoms. The van der Waals surface area contributed by atoms with Gasteiger partial charge in [-0.2, -0.15) is 0 Å². The van der Waals surface area contributed by atoms with E-state index in [1.54, 1.807) is 13.0 Å². The second kappa shape index (κ2) is 4.24. The van der Waals surface area contributed by atoms with E-state index in [9.17, 15) is 0 Å². The van der Waals surface area contributed by atoms with Crippen molar-refractivity contribution in [3.05, 3.63) is 41.0 Å². The minimum atomic E-state index is -0.375. The van der Waals surface area contributed by atoms with Crippen molar-refractivity contribution in [2.24, 2.45) is 0 Å². The van der Waals surface area contributed by atoms with Crippen LogP contribution in [-0.4, -0.2) is 11.2 Å². The Kier molecular flexibility index (Phi) is 3.26. The topological polar surface area (TPSA) is 20.2 Å². The third-order valence-electron chi connectivity index (χ3n) is 1.99. The van der Waals surface area contributed by atoms with E-state index in [0.717, 1.165) is 0 Å². The molecule has 0 amide bonds. The van der Waals surface area contributed by atoms with Gasteiger partial charge < -0.3 is 5.11 Å². The highest BCUT2D eigenvalue weighted by molar-refractivity contribution is 5.54. The van der Waals surface area contributed by atoms with Crippen LogP contribution in [0.5, 0.6) is 0 Å². The van der Waals surface area contributed by atoms with E-state index in [1.165, 1.54) is 16.7 Å². The van der Waals surface area contributed by atoms with Crippen LogP contribution in [0.25, 0.3) is 6.08 Å². The quantitative estimate of drug-likeness (QED) is 0.734. The molecule has 1 rings (SSSR count). The van der Waals surface area contributed by atoms with Crippen LogP contribution in [0.15, 0.2) is 24.3 Å². The van der Waals surface area contributed by atoms with Gasteiger partial charge in [-0.25, -0.2) is 0 Å². The van der Waals surface area contributed by atoms with Gasteiger partial charge in [-0.05, 0) is 31.9 Å². The summed E-state index contributed by atoms with van der Waals surface area (Å²) < 4.78 is 0. The fourth-order valence-electron chi connectivity index (χ4n) is 1.18. The van der Waals surface area contributed by atoms with Gasteiger partial charge >= 0.3 is 0 Å². The van der Waals surface area contributed by atoms with Crippen molar-refractivity contribution in [1.82, 2.24) is 0 Å². The van der Waals surface area contributed by atoms with Crippen molar-refractivity contribution in [3.63, 3.8) is 0 Å². The summed E-state index contributed by atoms with van der Waals surface area (Å²) >= 11 is 0. The molecule has 0 aliphatic heterocycles. The van der Waals surface area contributed by atoms with Crippen LogP contribution in [0.1, 0.15) is 23.6 Å². The maximum Gasteiger partial charge on any atom is 0.0696 e. The van der Waals surface area contributed by atoms with Crippen LogP contribution >= 0.6 is 0 Å². The first-order valence-corrected chi connectivity index (χ1v) is 4.53. The fraction of sp³-hybridized carbons (Fsp3) is 0.333. The molecule has 1 nitrogen and oxygen atoms in total. The van der Waals surface area contributed by atoms with E-state index in [0.29, 0.717) is 0 Å². The van der Waals surface area contributed by atoms with E-state index in [-0.39, 0.29) is 6.10 Å². The number of hydrogen-bond donors (Lipinski definition) is 1. The summed E-state index contributed by atoms with van der Waals surface area (Å²) in [6.07, 6.45) is 3.38. The first kappa shape index (κ1) is 10.0. The van der Waals surface area contributed by atoms with Crippen molar-refractivity contribution in [2.45, 2.75) is 26.9 Å².